The van der Waals surface area contributed by atoms with Crippen molar-refractivity contribution < 1.29 is 14.3 Å². The standard InChI is InChI=1S/C21H26N2O3/c1-5-19(24)23(3)20-17(16-10-7-6-8-11-16)12-9-13-18(20)21(25)22-15(2)14-26-4/h6-13,15H,5,14H2,1-4H3,(H,22,25). The Morgan fingerprint density at radius 1 is 1.12 bits per heavy atom. The monoisotopic (exact) mass is 354 g/mol. The van der Waals surface area contributed by atoms with Crippen LogP contribution in [0.4, 0.5) is 5.69 Å². The van der Waals surface area contributed by atoms with Crippen molar-refractivity contribution in [3.63, 3.8) is 0 Å². The number of anilines is 1. The molecule has 0 aliphatic carbocycles. The van der Waals surface area contributed by atoms with Crippen molar-refractivity contribution in [3.05, 3.63) is 54.1 Å². The van der Waals surface area contributed by atoms with Crippen molar-refractivity contribution in [1.29, 1.82) is 0 Å². The maximum Gasteiger partial charge on any atom is 0.253 e. The van der Waals surface area contributed by atoms with Gasteiger partial charge in [-0.15, -0.1) is 0 Å². The second-order valence-electron chi connectivity index (χ2n) is 6.20. The number of para-hydroxylation sites is 1. The first kappa shape index (κ1) is 19.7. The predicted octanol–water partition coefficient (Wildman–Crippen LogP) is 3.49. The van der Waals surface area contributed by atoms with E-state index >= 15 is 0 Å². The highest BCUT2D eigenvalue weighted by atomic mass is 16.5. The third-order valence-corrected chi connectivity index (χ3v) is 4.17. The van der Waals surface area contributed by atoms with Gasteiger partial charge in [-0.3, -0.25) is 9.59 Å². The molecule has 138 valence electrons. The molecule has 5 nitrogen and oxygen atoms in total. The van der Waals surface area contributed by atoms with Crippen LogP contribution in [0.3, 0.4) is 0 Å². The molecule has 0 heterocycles. The molecule has 0 aliphatic heterocycles. The van der Waals surface area contributed by atoms with E-state index < -0.39 is 0 Å². The maximum absolute atomic E-state index is 12.8. The van der Waals surface area contributed by atoms with Gasteiger partial charge in [-0.05, 0) is 18.6 Å². The van der Waals surface area contributed by atoms with Crippen molar-refractivity contribution in [1.82, 2.24) is 5.32 Å². The van der Waals surface area contributed by atoms with Gasteiger partial charge in [-0.1, -0.05) is 49.4 Å². The molecule has 0 spiro atoms. The largest absolute Gasteiger partial charge is 0.383 e. The molecule has 2 aromatic carbocycles. The summed E-state index contributed by atoms with van der Waals surface area (Å²) < 4.78 is 5.09. The highest BCUT2D eigenvalue weighted by Crippen LogP contribution is 2.34. The lowest BCUT2D eigenvalue weighted by Gasteiger charge is -2.24. The molecule has 2 amide bonds. The Morgan fingerprint density at radius 2 is 1.81 bits per heavy atom. The average Bonchev–Trinajstić information content (AvgIpc) is 2.66. The van der Waals surface area contributed by atoms with E-state index in [0.717, 1.165) is 11.1 Å². The second kappa shape index (κ2) is 9.15. The van der Waals surface area contributed by atoms with Gasteiger partial charge >= 0.3 is 0 Å². The number of rotatable bonds is 7. The van der Waals surface area contributed by atoms with Gasteiger partial charge in [0.2, 0.25) is 5.91 Å². The number of carbonyl (C=O) groups excluding carboxylic acids is 2. The van der Waals surface area contributed by atoms with Crippen LogP contribution in [-0.4, -0.2) is 38.6 Å². The van der Waals surface area contributed by atoms with Crippen LogP contribution in [0.15, 0.2) is 48.5 Å². The fourth-order valence-electron chi connectivity index (χ4n) is 2.89. The van der Waals surface area contributed by atoms with Gasteiger partial charge in [0.25, 0.3) is 5.91 Å². The van der Waals surface area contributed by atoms with E-state index in [1.54, 1.807) is 25.1 Å². The summed E-state index contributed by atoms with van der Waals surface area (Å²) in [4.78, 5) is 26.8. The summed E-state index contributed by atoms with van der Waals surface area (Å²) in [6, 6.07) is 15.1. The first-order valence-electron chi connectivity index (χ1n) is 8.74. The van der Waals surface area contributed by atoms with Gasteiger partial charge in [0, 0.05) is 32.2 Å². The van der Waals surface area contributed by atoms with Crippen LogP contribution in [0.2, 0.25) is 0 Å². The SMILES string of the molecule is CCC(=O)N(C)c1c(C(=O)NC(C)COC)cccc1-c1ccccc1. The zero-order valence-corrected chi connectivity index (χ0v) is 15.8. The molecule has 0 bridgehead atoms. The molecule has 1 N–H and O–H groups in total. The number of ether oxygens (including phenoxy) is 1. The Hall–Kier alpha value is -2.66. The summed E-state index contributed by atoms with van der Waals surface area (Å²) in [5.74, 6) is -0.273. The van der Waals surface area contributed by atoms with Gasteiger partial charge in [-0.2, -0.15) is 0 Å². The third kappa shape index (κ3) is 4.49. The molecule has 5 heteroatoms. The molecular weight excluding hydrogens is 328 g/mol. The number of hydrogen-bond donors (Lipinski definition) is 1. The summed E-state index contributed by atoms with van der Waals surface area (Å²) in [5, 5.41) is 2.93. The van der Waals surface area contributed by atoms with Gasteiger partial charge in [0.15, 0.2) is 0 Å². The highest BCUT2D eigenvalue weighted by molar-refractivity contribution is 6.08. The van der Waals surface area contributed by atoms with E-state index in [1.807, 2.05) is 56.3 Å². The van der Waals surface area contributed by atoms with E-state index in [-0.39, 0.29) is 17.9 Å². The number of nitrogens with one attached hydrogen (secondary N) is 1. The first-order valence-corrected chi connectivity index (χ1v) is 8.74. The molecule has 26 heavy (non-hydrogen) atoms. The lowest BCUT2D eigenvalue weighted by molar-refractivity contribution is -0.118. The Morgan fingerprint density at radius 3 is 2.42 bits per heavy atom. The van der Waals surface area contributed by atoms with E-state index in [1.165, 1.54) is 0 Å². The molecule has 1 unspecified atom stereocenters. The zero-order valence-electron chi connectivity index (χ0n) is 15.8. The number of methoxy groups -OCH3 is 1. The van der Waals surface area contributed by atoms with Crippen molar-refractivity contribution in [2.24, 2.45) is 0 Å². The first-order chi connectivity index (χ1) is 12.5. The molecule has 2 rings (SSSR count). The summed E-state index contributed by atoms with van der Waals surface area (Å²) >= 11 is 0. The lowest BCUT2D eigenvalue weighted by Crippen LogP contribution is -2.37. The maximum atomic E-state index is 12.8. The van der Waals surface area contributed by atoms with E-state index in [0.29, 0.717) is 24.3 Å². The normalized spacial score (nSPS) is 11.7. The lowest BCUT2D eigenvalue weighted by atomic mass is 9.98. The van der Waals surface area contributed by atoms with E-state index in [4.69, 9.17) is 4.74 Å². The molecule has 0 aromatic heterocycles. The molecule has 0 fully saturated rings. The Balaban J connectivity index is 2.54. The molecule has 0 saturated carbocycles. The molecular formula is C21H26N2O3. The zero-order chi connectivity index (χ0) is 19.1. The predicted molar refractivity (Wildman–Crippen MR) is 104 cm³/mol. The average molecular weight is 354 g/mol. The van der Waals surface area contributed by atoms with Gasteiger partial charge < -0.3 is 15.0 Å². The van der Waals surface area contributed by atoms with Crippen LogP contribution in [0.1, 0.15) is 30.6 Å². The minimum absolute atomic E-state index is 0.0487. The molecule has 2 aromatic rings. The second-order valence-corrected chi connectivity index (χ2v) is 6.20. The minimum Gasteiger partial charge on any atom is -0.383 e. The summed E-state index contributed by atoms with van der Waals surface area (Å²) in [6.45, 7) is 4.11. The number of carbonyl (C=O) groups is 2. The third-order valence-electron chi connectivity index (χ3n) is 4.17. The van der Waals surface area contributed by atoms with Gasteiger partial charge in [0.1, 0.15) is 0 Å². The summed E-state index contributed by atoms with van der Waals surface area (Å²) in [5.41, 5.74) is 2.89. The van der Waals surface area contributed by atoms with Crippen LogP contribution in [0.5, 0.6) is 0 Å². The smallest absolute Gasteiger partial charge is 0.253 e. The van der Waals surface area contributed by atoms with Crippen LogP contribution < -0.4 is 10.2 Å². The van der Waals surface area contributed by atoms with Crippen molar-refractivity contribution >= 4 is 17.5 Å². The van der Waals surface area contributed by atoms with Gasteiger partial charge in [0.05, 0.1) is 17.9 Å². The number of nitrogens with zero attached hydrogens (tertiary/aromatic N) is 1. The topological polar surface area (TPSA) is 58.6 Å². The Labute approximate surface area is 155 Å². The summed E-state index contributed by atoms with van der Waals surface area (Å²) in [6.07, 6.45) is 0.362. The number of benzene rings is 2. The number of amides is 2. The molecule has 0 radical (unpaired) electrons. The molecule has 0 saturated heterocycles. The fourth-order valence-corrected chi connectivity index (χ4v) is 2.89. The Kier molecular flexibility index (Phi) is 6.92. The van der Waals surface area contributed by atoms with E-state index in [9.17, 15) is 9.59 Å². The highest BCUT2D eigenvalue weighted by Gasteiger charge is 2.22. The Bertz CT molecular complexity index is 759. The van der Waals surface area contributed by atoms with Gasteiger partial charge in [-0.25, -0.2) is 0 Å². The number of hydrogen-bond acceptors (Lipinski definition) is 3. The van der Waals surface area contributed by atoms with Crippen molar-refractivity contribution in [2.75, 3.05) is 25.7 Å². The molecule has 0 aliphatic rings. The van der Waals surface area contributed by atoms with Crippen LogP contribution in [-0.2, 0) is 9.53 Å². The minimum atomic E-state index is -0.224. The van der Waals surface area contributed by atoms with E-state index in [2.05, 4.69) is 5.32 Å². The van der Waals surface area contributed by atoms with Crippen LogP contribution in [0.25, 0.3) is 11.1 Å². The summed E-state index contributed by atoms with van der Waals surface area (Å²) in [7, 11) is 3.31. The quantitative estimate of drug-likeness (QED) is 0.828. The van der Waals surface area contributed by atoms with Crippen LogP contribution in [0, 0.1) is 0 Å². The van der Waals surface area contributed by atoms with Crippen LogP contribution >= 0.6 is 0 Å². The van der Waals surface area contributed by atoms with Crippen molar-refractivity contribution in [2.45, 2.75) is 26.3 Å². The van der Waals surface area contributed by atoms with Crippen molar-refractivity contribution in [3.8, 4) is 11.1 Å². The molecule has 1 atom stereocenters. The fraction of sp³-hybridized carbons (Fsp3) is 0.333.